The monoisotopic (exact) mass is 335 g/mol. The SMILES string of the molecule is NC(=O)c1c(NC(=O)Cc2cccnc2)ncn1Cc1ccccc1. The summed E-state index contributed by atoms with van der Waals surface area (Å²) >= 11 is 0. The van der Waals surface area contributed by atoms with Gasteiger partial charge in [0.15, 0.2) is 11.5 Å². The Morgan fingerprint density at radius 1 is 1.08 bits per heavy atom. The zero-order valence-corrected chi connectivity index (χ0v) is 13.4. The first-order valence-corrected chi connectivity index (χ1v) is 7.71. The van der Waals surface area contributed by atoms with E-state index in [0.717, 1.165) is 11.1 Å². The minimum atomic E-state index is -0.648. The van der Waals surface area contributed by atoms with E-state index in [9.17, 15) is 9.59 Å². The quantitative estimate of drug-likeness (QED) is 0.714. The van der Waals surface area contributed by atoms with Crippen LogP contribution in [-0.2, 0) is 17.8 Å². The number of carbonyl (C=O) groups is 2. The normalized spacial score (nSPS) is 10.4. The zero-order chi connectivity index (χ0) is 17.6. The molecule has 126 valence electrons. The molecule has 2 heterocycles. The molecule has 0 unspecified atom stereocenters. The molecule has 3 aromatic rings. The first-order valence-electron chi connectivity index (χ1n) is 7.71. The fourth-order valence-electron chi connectivity index (χ4n) is 2.50. The summed E-state index contributed by atoms with van der Waals surface area (Å²) in [5, 5.41) is 2.65. The third-order valence-corrected chi connectivity index (χ3v) is 3.61. The van der Waals surface area contributed by atoms with Crippen molar-refractivity contribution in [2.45, 2.75) is 13.0 Å². The van der Waals surface area contributed by atoms with Gasteiger partial charge in [0.25, 0.3) is 5.91 Å². The number of imidazole rings is 1. The molecule has 0 spiro atoms. The smallest absolute Gasteiger partial charge is 0.269 e. The molecule has 2 amide bonds. The van der Waals surface area contributed by atoms with Crippen molar-refractivity contribution in [3.63, 3.8) is 0 Å². The largest absolute Gasteiger partial charge is 0.364 e. The van der Waals surface area contributed by atoms with Gasteiger partial charge in [-0.15, -0.1) is 0 Å². The highest BCUT2D eigenvalue weighted by Gasteiger charge is 2.18. The highest BCUT2D eigenvalue weighted by atomic mass is 16.2. The maximum absolute atomic E-state index is 12.2. The van der Waals surface area contributed by atoms with E-state index in [2.05, 4.69) is 15.3 Å². The number of anilines is 1. The van der Waals surface area contributed by atoms with E-state index in [1.165, 1.54) is 6.33 Å². The summed E-state index contributed by atoms with van der Waals surface area (Å²) in [5.74, 6) is -0.775. The van der Waals surface area contributed by atoms with Gasteiger partial charge in [-0.05, 0) is 17.2 Å². The van der Waals surface area contributed by atoms with Crippen LogP contribution in [0.1, 0.15) is 21.6 Å². The number of nitrogens with zero attached hydrogens (tertiary/aromatic N) is 3. The molecule has 1 aromatic carbocycles. The number of benzene rings is 1. The number of nitrogens with one attached hydrogen (secondary N) is 1. The molecule has 0 atom stereocenters. The molecule has 7 heteroatoms. The number of primary amides is 1. The van der Waals surface area contributed by atoms with E-state index >= 15 is 0 Å². The first-order chi connectivity index (χ1) is 12.1. The molecule has 0 saturated heterocycles. The van der Waals surface area contributed by atoms with E-state index in [1.54, 1.807) is 29.1 Å². The summed E-state index contributed by atoms with van der Waals surface area (Å²) in [4.78, 5) is 32.1. The van der Waals surface area contributed by atoms with Crippen LogP contribution >= 0.6 is 0 Å². The van der Waals surface area contributed by atoms with Gasteiger partial charge in [-0.2, -0.15) is 0 Å². The Bertz CT molecular complexity index is 875. The van der Waals surface area contributed by atoms with Crippen LogP contribution in [0.4, 0.5) is 5.82 Å². The summed E-state index contributed by atoms with van der Waals surface area (Å²) in [5.41, 5.74) is 7.41. The Labute approximate surface area is 144 Å². The van der Waals surface area contributed by atoms with Crippen molar-refractivity contribution >= 4 is 17.6 Å². The number of carbonyl (C=O) groups excluding carboxylic acids is 2. The van der Waals surface area contributed by atoms with Crippen molar-refractivity contribution in [3.05, 3.63) is 78.0 Å². The summed E-state index contributed by atoms with van der Waals surface area (Å²) in [7, 11) is 0. The van der Waals surface area contributed by atoms with E-state index in [0.29, 0.717) is 6.54 Å². The van der Waals surface area contributed by atoms with Gasteiger partial charge < -0.3 is 15.6 Å². The topological polar surface area (TPSA) is 103 Å². The maximum atomic E-state index is 12.2. The number of hydrogen-bond donors (Lipinski definition) is 2. The predicted molar refractivity (Wildman–Crippen MR) is 92.9 cm³/mol. The van der Waals surface area contributed by atoms with Crippen molar-refractivity contribution in [2.24, 2.45) is 5.73 Å². The van der Waals surface area contributed by atoms with Crippen LogP contribution in [0, 0.1) is 0 Å². The van der Waals surface area contributed by atoms with Crippen molar-refractivity contribution < 1.29 is 9.59 Å². The minimum absolute atomic E-state index is 0.136. The number of aromatic nitrogens is 3. The maximum Gasteiger partial charge on any atom is 0.269 e. The third kappa shape index (κ3) is 4.08. The molecular formula is C18H17N5O2. The second kappa shape index (κ2) is 7.39. The molecule has 0 radical (unpaired) electrons. The number of hydrogen-bond acceptors (Lipinski definition) is 4. The Hall–Kier alpha value is -3.48. The predicted octanol–water partition coefficient (Wildman–Crippen LogP) is 1.61. The van der Waals surface area contributed by atoms with Crippen LogP contribution in [0.15, 0.2) is 61.2 Å². The Morgan fingerprint density at radius 2 is 1.84 bits per heavy atom. The van der Waals surface area contributed by atoms with Crippen LogP contribution in [0.5, 0.6) is 0 Å². The van der Waals surface area contributed by atoms with Gasteiger partial charge in [-0.25, -0.2) is 4.98 Å². The Balaban J connectivity index is 1.77. The van der Waals surface area contributed by atoms with Gasteiger partial charge in [0.2, 0.25) is 5.91 Å². The van der Waals surface area contributed by atoms with Crippen LogP contribution in [0.3, 0.4) is 0 Å². The molecule has 7 nitrogen and oxygen atoms in total. The molecular weight excluding hydrogens is 318 g/mol. The molecule has 0 aliphatic heterocycles. The van der Waals surface area contributed by atoms with Crippen molar-refractivity contribution in [2.75, 3.05) is 5.32 Å². The molecule has 3 N–H and O–H groups in total. The van der Waals surface area contributed by atoms with E-state index in [1.807, 2.05) is 30.3 Å². The molecule has 0 aliphatic rings. The van der Waals surface area contributed by atoms with E-state index in [4.69, 9.17) is 5.73 Å². The average Bonchev–Trinajstić information content (AvgIpc) is 2.99. The standard InChI is InChI=1S/C18H17N5O2/c19-17(25)16-18(22-15(24)9-14-7-4-8-20-10-14)21-12-23(16)11-13-5-2-1-3-6-13/h1-8,10,12H,9,11H2,(H2,19,25)(H,22,24). The Kier molecular flexibility index (Phi) is 4.84. The number of nitrogens with two attached hydrogens (primary N) is 1. The molecule has 2 aromatic heterocycles. The van der Waals surface area contributed by atoms with Gasteiger partial charge >= 0.3 is 0 Å². The average molecular weight is 335 g/mol. The van der Waals surface area contributed by atoms with Crippen LogP contribution in [0.2, 0.25) is 0 Å². The summed E-state index contributed by atoms with van der Waals surface area (Å²) in [6.07, 6.45) is 4.88. The number of rotatable bonds is 6. The van der Waals surface area contributed by atoms with E-state index in [-0.39, 0.29) is 23.8 Å². The molecule has 0 fully saturated rings. The van der Waals surface area contributed by atoms with Crippen molar-refractivity contribution in [3.8, 4) is 0 Å². The van der Waals surface area contributed by atoms with Crippen LogP contribution in [0.25, 0.3) is 0 Å². The van der Waals surface area contributed by atoms with E-state index < -0.39 is 5.91 Å². The second-order valence-corrected chi connectivity index (χ2v) is 5.51. The lowest BCUT2D eigenvalue weighted by Gasteiger charge is -2.08. The lowest BCUT2D eigenvalue weighted by Crippen LogP contribution is -2.22. The lowest BCUT2D eigenvalue weighted by molar-refractivity contribution is -0.115. The fourth-order valence-corrected chi connectivity index (χ4v) is 2.50. The van der Waals surface area contributed by atoms with Gasteiger partial charge in [-0.1, -0.05) is 36.4 Å². The highest BCUT2D eigenvalue weighted by Crippen LogP contribution is 2.15. The van der Waals surface area contributed by atoms with Crippen molar-refractivity contribution in [1.29, 1.82) is 0 Å². The first kappa shape index (κ1) is 16.4. The van der Waals surface area contributed by atoms with Crippen LogP contribution < -0.4 is 11.1 Å². The molecule has 0 bridgehead atoms. The third-order valence-electron chi connectivity index (χ3n) is 3.61. The van der Waals surface area contributed by atoms with Gasteiger partial charge in [0, 0.05) is 18.9 Å². The Morgan fingerprint density at radius 3 is 2.52 bits per heavy atom. The summed E-state index contributed by atoms with van der Waals surface area (Å²) < 4.78 is 1.62. The molecule has 0 saturated carbocycles. The minimum Gasteiger partial charge on any atom is -0.364 e. The number of pyridine rings is 1. The molecule has 0 aliphatic carbocycles. The molecule has 25 heavy (non-hydrogen) atoms. The molecule has 3 rings (SSSR count). The highest BCUT2D eigenvalue weighted by molar-refractivity contribution is 6.01. The lowest BCUT2D eigenvalue weighted by atomic mass is 10.2. The zero-order valence-electron chi connectivity index (χ0n) is 13.4. The van der Waals surface area contributed by atoms with Gasteiger partial charge in [-0.3, -0.25) is 14.6 Å². The van der Waals surface area contributed by atoms with Gasteiger partial charge in [0.1, 0.15) is 0 Å². The summed E-state index contributed by atoms with van der Waals surface area (Å²) in [6, 6.07) is 13.2. The van der Waals surface area contributed by atoms with Crippen LogP contribution in [-0.4, -0.2) is 26.3 Å². The second-order valence-electron chi connectivity index (χ2n) is 5.51. The number of amides is 2. The fraction of sp³-hybridized carbons (Fsp3) is 0.111. The summed E-state index contributed by atoms with van der Waals surface area (Å²) in [6.45, 7) is 0.435. The van der Waals surface area contributed by atoms with Gasteiger partial charge in [0.05, 0.1) is 12.7 Å². The van der Waals surface area contributed by atoms with Crippen molar-refractivity contribution in [1.82, 2.24) is 14.5 Å².